The molecule has 17 heavy (non-hydrogen) atoms. The Bertz CT molecular complexity index is 402. The molecule has 0 aliphatic rings. The van der Waals surface area contributed by atoms with Crippen LogP contribution in [-0.2, 0) is 0 Å². The number of nitrogens with zero attached hydrogens (tertiary/aromatic N) is 1. The molecule has 2 N–H and O–H groups in total. The highest BCUT2D eigenvalue weighted by atomic mass is 16.5. The van der Waals surface area contributed by atoms with Gasteiger partial charge in [0.25, 0.3) is 0 Å². The molecule has 0 spiro atoms. The zero-order valence-corrected chi connectivity index (χ0v) is 10.5. The third kappa shape index (κ3) is 3.75. The van der Waals surface area contributed by atoms with Crippen LogP contribution in [0.1, 0.15) is 31.4 Å². The van der Waals surface area contributed by atoms with Crippen molar-refractivity contribution in [2.75, 3.05) is 6.61 Å². The van der Waals surface area contributed by atoms with Gasteiger partial charge in [-0.2, -0.15) is 0 Å². The van der Waals surface area contributed by atoms with Crippen LogP contribution in [0.3, 0.4) is 0 Å². The molecule has 1 atom stereocenters. The van der Waals surface area contributed by atoms with E-state index in [-0.39, 0.29) is 6.61 Å². The zero-order valence-electron chi connectivity index (χ0n) is 10.5. The van der Waals surface area contributed by atoms with Crippen molar-refractivity contribution in [2.24, 2.45) is 5.16 Å². The lowest BCUT2D eigenvalue weighted by Crippen LogP contribution is -2.17. The Hall–Kier alpha value is -1.55. The van der Waals surface area contributed by atoms with Crippen molar-refractivity contribution in [3.63, 3.8) is 0 Å². The van der Waals surface area contributed by atoms with E-state index in [1.54, 1.807) is 6.92 Å². The van der Waals surface area contributed by atoms with E-state index < -0.39 is 6.10 Å². The van der Waals surface area contributed by atoms with Gasteiger partial charge in [-0.15, -0.1) is 0 Å². The third-order valence-electron chi connectivity index (χ3n) is 2.58. The van der Waals surface area contributed by atoms with Crippen LogP contribution in [-0.4, -0.2) is 28.7 Å². The van der Waals surface area contributed by atoms with Gasteiger partial charge in [0.2, 0.25) is 0 Å². The van der Waals surface area contributed by atoms with Crippen molar-refractivity contribution >= 4 is 5.71 Å². The molecule has 0 saturated carbocycles. The molecule has 0 aliphatic carbocycles. The molecule has 1 rings (SSSR count). The molecule has 0 radical (unpaired) electrons. The number of ether oxygens (including phenoxy) is 1. The molecule has 94 valence electrons. The SMILES string of the molecule is CCC(O)COc1cc(C)ccc1C(C)=NO. The summed E-state index contributed by atoms with van der Waals surface area (Å²) in [5.74, 6) is 0.632. The molecule has 0 aliphatic heterocycles. The number of aryl methyl sites for hydroxylation is 1. The Kier molecular flexibility index (Phi) is 4.97. The Morgan fingerprint density at radius 3 is 2.76 bits per heavy atom. The molecular weight excluding hydrogens is 218 g/mol. The van der Waals surface area contributed by atoms with Gasteiger partial charge in [-0.1, -0.05) is 18.1 Å². The second kappa shape index (κ2) is 6.25. The first-order chi connectivity index (χ1) is 8.08. The van der Waals surface area contributed by atoms with E-state index in [1.807, 2.05) is 32.0 Å². The summed E-state index contributed by atoms with van der Waals surface area (Å²) in [5, 5.41) is 21.4. The molecule has 0 bridgehead atoms. The van der Waals surface area contributed by atoms with Gasteiger partial charge >= 0.3 is 0 Å². The van der Waals surface area contributed by atoms with E-state index in [2.05, 4.69) is 5.16 Å². The first kappa shape index (κ1) is 13.5. The molecule has 0 amide bonds. The van der Waals surface area contributed by atoms with Crippen LogP contribution in [0.25, 0.3) is 0 Å². The fourth-order valence-corrected chi connectivity index (χ4v) is 1.41. The van der Waals surface area contributed by atoms with E-state index in [1.165, 1.54) is 0 Å². The van der Waals surface area contributed by atoms with E-state index >= 15 is 0 Å². The summed E-state index contributed by atoms with van der Waals surface area (Å²) in [5.41, 5.74) is 2.29. The summed E-state index contributed by atoms with van der Waals surface area (Å²) in [4.78, 5) is 0. The van der Waals surface area contributed by atoms with Crippen molar-refractivity contribution in [3.05, 3.63) is 29.3 Å². The van der Waals surface area contributed by atoms with Crippen molar-refractivity contribution in [3.8, 4) is 5.75 Å². The largest absolute Gasteiger partial charge is 0.490 e. The minimum atomic E-state index is -0.477. The zero-order chi connectivity index (χ0) is 12.8. The average molecular weight is 237 g/mol. The molecule has 0 fully saturated rings. The number of hydrogen-bond donors (Lipinski definition) is 2. The van der Waals surface area contributed by atoms with Crippen molar-refractivity contribution in [1.82, 2.24) is 0 Å². The third-order valence-corrected chi connectivity index (χ3v) is 2.58. The van der Waals surface area contributed by atoms with Gasteiger partial charge in [0.05, 0.1) is 11.8 Å². The van der Waals surface area contributed by atoms with Crippen LogP contribution in [0.2, 0.25) is 0 Å². The summed E-state index contributed by atoms with van der Waals surface area (Å²) in [6, 6.07) is 5.64. The molecule has 1 aromatic rings. The van der Waals surface area contributed by atoms with Crippen molar-refractivity contribution in [1.29, 1.82) is 0 Å². The van der Waals surface area contributed by atoms with Gasteiger partial charge in [0.15, 0.2) is 0 Å². The Morgan fingerprint density at radius 2 is 2.18 bits per heavy atom. The maximum Gasteiger partial charge on any atom is 0.128 e. The van der Waals surface area contributed by atoms with Crippen LogP contribution in [0.5, 0.6) is 5.75 Å². The predicted molar refractivity (Wildman–Crippen MR) is 67.0 cm³/mol. The Morgan fingerprint density at radius 1 is 1.47 bits per heavy atom. The standard InChI is InChI=1S/C13H19NO3/c1-4-11(15)8-17-13-7-9(2)5-6-12(13)10(3)14-16/h5-7,11,15-16H,4,8H2,1-3H3. The summed E-state index contributed by atoms with van der Waals surface area (Å²) in [6.07, 6.45) is 0.170. The van der Waals surface area contributed by atoms with Gasteiger partial charge in [-0.05, 0) is 38.0 Å². The smallest absolute Gasteiger partial charge is 0.128 e. The van der Waals surface area contributed by atoms with Gasteiger partial charge in [-0.3, -0.25) is 0 Å². The van der Waals surface area contributed by atoms with Crippen molar-refractivity contribution < 1.29 is 15.1 Å². The topological polar surface area (TPSA) is 62.0 Å². The summed E-state index contributed by atoms with van der Waals surface area (Å²) >= 11 is 0. The van der Waals surface area contributed by atoms with Gasteiger partial charge in [0.1, 0.15) is 12.4 Å². The number of benzene rings is 1. The van der Waals surface area contributed by atoms with Gasteiger partial charge in [-0.25, -0.2) is 0 Å². The van der Waals surface area contributed by atoms with E-state index in [0.29, 0.717) is 17.9 Å². The summed E-state index contributed by atoms with van der Waals surface area (Å²) < 4.78 is 5.55. The van der Waals surface area contributed by atoms with Crippen LogP contribution >= 0.6 is 0 Å². The first-order valence-electron chi connectivity index (χ1n) is 5.69. The molecular formula is C13H19NO3. The van der Waals surface area contributed by atoms with E-state index in [4.69, 9.17) is 9.94 Å². The van der Waals surface area contributed by atoms with Gasteiger partial charge in [0, 0.05) is 5.56 Å². The fraction of sp³-hybridized carbons (Fsp3) is 0.462. The molecule has 0 aromatic heterocycles. The second-order valence-electron chi connectivity index (χ2n) is 4.06. The van der Waals surface area contributed by atoms with Gasteiger partial charge < -0.3 is 15.1 Å². The molecule has 1 aromatic carbocycles. The minimum Gasteiger partial charge on any atom is -0.490 e. The summed E-state index contributed by atoms with van der Waals surface area (Å²) in [7, 11) is 0. The molecule has 0 heterocycles. The van der Waals surface area contributed by atoms with Crippen LogP contribution in [0.4, 0.5) is 0 Å². The molecule has 0 saturated heterocycles. The average Bonchev–Trinajstić information content (AvgIpc) is 2.35. The van der Waals surface area contributed by atoms with Crippen molar-refractivity contribution in [2.45, 2.75) is 33.3 Å². The lowest BCUT2D eigenvalue weighted by atomic mass is 10.1. The second-order valence-corrected chi connectivity index (χ2v) is 4.06. The van der Waals surface area contributed by atoms with Crippen LogP contribution in [0, 0.1) is 6.92 Å². The lowest BCUT2D eigenvalue weighted by molar-refractivity contribution is 0.104. The molecule has 1 unspecified atom stereocenters. The number of hydrogen-bond acceptors (Lipinski definition) is 4. The van der Waals surface area contributed by atoms with E-state index in [9.17, 15) is 5.11 Å². The maximum atomic E-state index is 9.47. The van der Waals surface area contributed by atoms with Crippen LogP contribution in [0.15, 0.2) is 23.4 Å². The van der Waals surface area contributed by atoms with Crippen LogP contribution < -0.4 is 4.74 Å². The number of aliphatic hydroxyl groups is 1. The monoisotopic (exact) mass is 237 g/mol. The Balaban J connectivity index is 2.91. The van der Waals surface area contributed by atoms with E-state index in [0.717, 1.165) is 11.1 Å². The normalized spacial score (nSPS) is 13.5. The highest BCUT2D eigenvalue weighted by Gasteiger charge is 2.09. The number of aliphatic hydroxyl groups excluding tert-OH is 1. The highest BCUT2D eigenvalue weighted by molar-refractivity contribution is 6.00. The molecule has 4 nitrogen and oxygen atoms in total. The number of oxime groups is 1. The summed E-state index contributed by atoms with van der Waals surface area (Å²) in [6.45, 7) is 5.80. The minimum absolute atomic E-state index is 0.242. The lowest BCUT2D eigenvalue weighted by Gasteiger charge is -2.14. The Labute approximate surface area is 102 Å². The predicted octanol–water partition coefficient (Wildman–Crippen LogP) is 2.34. The number of rotatable bonds is 5. The first-order valence-corrected chi connectivity index (χ1v) is 5.69. The quantitative estimate of drug-likeness (QED) is 0.469. The molecule has 4 heteroatoms. The maximum absolute atomic E-state index is 9.47. The fourth-order valence-electron chi connectivity index (χ4n) is 1.41. The highest BCUT2D eigenvalue weighted by Crippen LogP contribution is 2.21.